The number of anilines is 1. The number of allylic oxidation sites excluding steroid dienone is 1. The molecule has 0 radical (unpaired) electrons. The molecular formula is C22H23ClN4O3S. The van der Waals surface area contributed by atoms with Crippen molar-refractivity contribution in [2.45, 2.75) is 18.6 Å². The van der Waals surface area contributed by atoms with Gasteiger partial charge in [-0.1, -0.05) is 41.6 Å². The Morgan fingerprint density at radius 1 is 1.23 bits per heavy atom. The quantitative estimate of drug-likeness (QED) is 0.365. The number of amides is 1. The van der Waals surface area contributed by atoms with E-state index in [2.05, 4.69) is 22.1 Å². The van der Waals surface area contributed by atoms with Crippen LogP contribution in [0.1, 0.15) is 5.56 Å². The van der Waals surface area contributed by atoms with Crippen LogP contribution in [0.5, 0.6) is 11.5 Å². The van der Waals surface area contributed by atoms with E-state index >= 15 is 0 Å². The van der Waals surface area contributed by atoms with E-state index in [0.717, 1.165) is 11.1 Å². The third-order valence-electron chi connectivity index (χ3n) is 4.47. The number of ether oxygens (including phenoxy) is 2. The zero-order valence-electron chi connectivity index (χ0n) is 17.5. The number of nitrogens with one attached hydrogen (secondary N) is 1. The highest BCUT2D eigenvalue weighted by molar-refractivity contribution is 7.99. The van der Waals surface area contributed by atoms with Gasteiger partial charge in [-0.15, -0.1) is 16.8 Å². The van der Waals surface area contributed by atoms with Gasteiger partial charge < -0.3 is 14.8 Å². The number of benzene rings is 2. The third-order valence-corrected chi connectivity index (χ3v) is 5.85. The molecule has 3 aromatic rings. The smallest absolute Gasteiger partial charge is 0.234 e. The van der Waals surface area contributed by atoms with Gasteiger partial charge in [0.15, 0.2) is 11.0 Å². The zero-order chi connectivity index (χ0) is 22.4. The summed E-state index contributed by atoms with van der Waals surface area (Å²) in [6.07, 6.45) is 1.76. The number of hydrogen-bond donors (Lipinski definition) is 1. The first kappa shape index (κ1) is 22.7. The van der Waals surface area contributed by atoms with E-state index in [1.54, 1.807) is 38.5 Å². The molecule has 7 nitrogen and oxygen atoms in total. The second-order valence-corrected chi connectivity index (χ2v) is 7.92. The van der Waals surface area contributed by atoms with Crippen LogP contribution in [0.15, 0.2) is 54.2 Å². The van der Waals surface area contributed by atoms with Gasteiger partial charge in [-0.25, -0.2) is 0 Å². The minimum absolute atomic E-state index is 0.143. The number of aryl methyl sites for hydroxylation is 1. The van der Waals surface area contributed by atoms with E-state index in [9.17, 15) is 4.79 Å². The van der Waals surface area contributed by atoms with E-state index in [1.165, 1.54) is 11.8 Å². The Bertz CT molecular complexity index is 1100. The molecular weight excluding hydrogens is 436 g/mol. The number of halogens is 1. The molecule has 0 spiro atoms. The predicted molar refractivity (Wildman–Crippen MR) is 124 cm³/mol. The average molecular weight is 459 g/mol. The number of carbonyl (C=O) groups is 1. The van der Waals surface area contributed by atoms with Gasteiger partial charge in [-0.2, -0.15) is 0 Å². The molecule has 0 saturated heterocycles. The summed E-state index contributed by atoms with van der Waals surface area (Å²) in [5.41, 5.74) is 2.37. The Morgan fingerprint density at radius 2 is 2.03 bits per heavy atom. The van der Waals surface area contributed by atoms with Crippen molar-refractivity contribution in [3.8, 4) is 22.9 Å². The second kappa shape index (κ2) is 10.4. The summed E-state index contributed by atoms with van der Waals surface area (Å²) in [6, 6.07) is 11.0. The Kier molecular flexibility index (Phi) is 7.59. The number of thioether (sulfide) groups is 1. The highest BCUT2D eigenvalue weighted by Gasteiger charge is 2.16. The maximum absolute atomic E-state index is 12.6. The molecule has 0 fully saturated rings. The Balaban J connectivity index is 1.76. The van der Waals surface area contributed by atoms with Crippen molar-refractivity contribution >= 4 is 35.0 Å². The molecule has 0 aliphatic carbocycles. The van der Waals surface area contributed by atoms with Gasteiger partial charge in [0, 0.05) is 23.2 Å². The molecule has 0 aliphatic heterocycles. The molecule has 31 heavy (non-hydrogen) atoms. The molecule has 0 aliphatic rings. The molecule has 9 heteroatoms. The highest BCUT2D eigenvalue weighted by atomic mass is 35.5. The molecule has 162 valence electrons. The largest absolute Gasteiger partial charge is 0.497 e. The first-order valence-electron chi connectivity index (χ1n) is 9.42. The highest BCUT2D eigenvalue weighted by Crippen LogP contribution is 2.30. The number of methoxy groups -OCH3 is 2. The van der Waals surface area contributed by atoms with Gasteiger partial charge in [0.1, 0.15) is 11.5 Å². The normalized spacial score (nSPS) is 10.6. The van der Waals surface area contributed by atoms with E-state index in [4.69, 9.17) is 21.1 Å². The summed E-state index contributed by atoms with van der Waals surface area (Å²) in [4.78, 5) is 12.6. The second-order valence-electron chi connectivity index (χ2n) is 6.57. The maximum Gasteiger partial charge on any atom is 0.234 e. The average Bonchev–Trinajstić information content (AvgIpc) is 3.17. The monoisotopic (exact) mass is 458 g/mol. The van der Waals surface area contributed by atoms with Crippen LogP contribution < -0.4 is 14.8 Å². The molecule has 1 N–H and O–H groups in total. The fourth-order valence-corrected chi connectivity index (χ4v) is 3.79. The van der Waals surface area contributed by atoms with Crippen molar-refractivity contribution < 1.29 is 14.3 Å². The lowest BCUT2D eigenvalue weighted by Gasteiger charge is -2.12. The van der Waals surface area contributed by atoms with Gasteiger partial charge in [-0.3, -0.25) is 9.36 Å². The van der Waals surface area contributed by atoms with Crippen LogP contribution in [0.25, 0.3) is 11.4 Å². The van der Waals surface area contributed by atoms with E-state index in [1.807, 2.05) is 29.7 Å². The van der Waals surface area contributed by atoms with Crippen LogP contribution in [0, 0.1) is 6.92 Å². The molecule has 0 unspecified atom stereocenters. The van der Waals surface area contributed by atoms with Crippen LogP contribution in [-0.2, 0) is 11.3 Å². The predicted octanol–water partition coefficient (Wildman–Crippen LogP) is 4.84. The molecule has 0 saturated carbocycles. The summed E-state index contributed by atoms with van der Waals surface area (Å²) < 4.78 is 12.4. The zero-order valence-corrected chi connectivity index (χ0v) is 19.1. The molecule has 1 heterocycles. The lowest BCUT2D eigenvalue weighted by Crippen LogP contribution is -2.15. The summed E-state index contributed by atoms with van der Waals surface area (Å²) in [5, 5.41) is 12.7. The summed E-state index contributed by atoms with van der Waals surface area (Å²) in [5.74, 6) is 1.77. The fraction of sp³-hybridized carbons (Fsp3) is 0.227. The molecule has 1 amide bonds. The Labute approximate surface area is 190 Å². The van der Waals surface area contributed by atoms with Crippen LogP contribution in [0.4, 0.5) is 5.69 Å². The van der Waals surface area contributed by atoms with Gasteiger partial charge in [0.2, 0.25) is 5.91 Å². The molecule has 1 aromatic heterocycles. The van der Waals surface area contributed by atoms with Gasteiger partial charge in [-0.05, 0) is 30.7 Å². The van der Waals surface area contributed by atoms with Crippen molar-refractivity contribution in [1.29, 1.82) is 0 Å². The van der Waals surface area contributed by atoms with E-state index in [-0.39, 0.29) is 11.7 Å². The maximum atomic E-state index is 12.6. The Morgan fingerprint density at radius 3 is 2.71 bits per heavy atom. The molecule has 0 bridgehead atoms. The van der Waals surface area contributed by atoms with Crippen molar-refractivity contribution in [2.75, 3.05) is 25.3 Å². The van der Waals surface area contributed by atoms with Crippen LogP contribution >= 0.6 is 23.4 Å². The summed E-state index contributed by atoms with van der Waals surface area (Å²) in [7, 11) is 3.11. The minimum Gasteiger partial charge on any atom is -0.497 e. The first-order valence-corrected chi connectivity index (χ1v) is 10.8. The topological polar surface area (TPSA) is 78.3 Å². The van der Waals surface area contributed by atoms with Crippen molar-refractivity contribution in [1.82, 2.24) is 14.8 Å². The fourth-order valence-electron chi connectivity index (χ4n) is 2.86. The number of nitrogens with zero attached hydrogens (tertiary/aromatic N) is 3. The van der Waals surface area contributed by atoms with Crippen LogP contribution in [0.3, 0.4) is 0 Å². The van der Waals surface area contributed by atoms with Gasteiger partial charge >= 0.3 is 0 Å². The lowest BCUT2D eigenvalue weighted by molar-refractivity contribution is -0.113. The van der Waals surface area contributed by atoms with Gasteiger partial charge in [0.25, 0.3) is 0 Å². The van der Waals surface area contributed by atoms with Crippen LogP contribution in [0.2, 0.25) is 5.02 Å². The van der Waals surface area contributed by atoms with E-state index in [0.29, 0.717) is 39.7 Å². The van der Waals surface area contributed by atoms with Crippen molar-refractivity contribution in [3.63, 3.8) is 0 Å². The number of rotatable bonds is 9. The molecule has 2 aromatic carbocycles. The van der Waals surface area contributed by atoms with E-state index < -0.39 is 0 Å². The first-order chi connectivity index (χ1) is 15.0. The van der Waals surface area contributed by atoms with Crippen LogP contribution in [-0.4, -0.2) is 40.6 Å². The van der Waals surface area contributed by atoms with Crippen molar-refractivity contribution in [3.05, 3.63) is 59.6 Å². The molecule has 0 atom stereocenters. The van der Waals surface area contributed by atoms with Gasteiger partial charge in [0.05, 0.1) is 25.7 Å². The lowest BCUT2D eigenvalue weighted by atomic mass is 10.1. The third kappa shape index (κ3) is 5.39. The standard InChI is InChI=1S/C22H23ClN4O3S/c1-5-10-27-21(15-7-6-14(2)17(23)11-15)25-26-22(27)31-13-20(28)24-18-12-16(29-3)8-9-19(18)30-4/h5-9,11-12H,1,10,13H2,2-4H3,(H,24,28). The van der Waals surface area contributed by atoms with Crippen molar-refractivity contribution in [2.24, 2.45) is 0 Å². The minimum atomic E-state index is -0.204. The summed E-state index contributed by atoms with van der Waals surface area (Å²) in [6.45, 7) is 6.26. The molecule has 3 rings (SSSR count). The number of carbonyl (C=O) groups excluding carboxylic acids is 1. The number of hydrogen-bond acceptors (Lipinski definition) is 6. The SMILES string of the molecule is C=CCn1c(SCC(=O)Nc2cc(OC)ccc2OC)nnc1-c1ccc(C)c(Cl)c1. The Hall–Kier alpha value is -2.97. The number of aromatic nitrogens is 3. The summed E-state index contributed by atoms with van der Waals surface area (Å²) >= 11 is 7.56.